The van der Waals surface area contributed by atoms with Crippen LogP contribution in [0.5, 0.6) is 0 Å². The van der Waals surface area contributed by atoms with Gasteiger partial charge in [-0.2, -0.15) is 4.31 Å². The first-order chi connectivity index (χ1) is 8.41. The minimum Gasteiger partial charge on any atom is -0.398 e. The number of nitrogen functional groups attached to an aromatic ring is 1. The molecule has 0 aliphatic carbocycles. The third-order valence-corrected chi connectivity index (χ3v) is 4.71. The minimum absolute atomic E-state index is 0.0581. The predicted octanol–water partition coefficient (Wildman–Crippen LogP) is -0.302. The Labute approximate surface area is 106 Å². The molecule has 98 valence electrons. The van der Waals surface area contributed by atoms with Crippen LogP contribution in [0.1, 0.15) is 5.56 Å². The molecule has 1 heterocycles. The molecule has 1 aliphatic heterocycles. The predicted molar refractivity (Wildman–Crippen MR) is 67.4 cm³/mol. The van der Waals surface area contributed by atoms with Crippen LogP contribution < -0.4 is 11.1 Å². The molecule has 1 aliphatic rings. The molecule has 1 aromatic rings. The normalized spacial score (nSPS) is 17.5. The van der Waals surface area contributed by atoms with Crippen LogP contribution in [-0.2, 0) is 14.8 Å². The molecule has 0 unspecified atom stereocenters. The number of hydrogen-bond acceptors (Lipinski definition) is 4. The maximum absolute atomic E-state index is 12.3. The molecule has 3 N–H and O–H groups in total. The molecular weight excluding hydrogens is 254 g/mol. The number of anilines is 1. The Hall–Kier alpha value is -1.60. The Morgan fingerprint density at radius 2 is 2.11 bits per heavy atom. The zero-order valence-electron chi connectivity index (χ0n) is 10.0. The highest BCUT2D eigenvalue weighted by Crippen LogP contribution is 2.23. The first-order valence-electron chi connectivity index (χ1n) is 5.54. The number of hydrogen-bond donors (Lipinski definition) is 2. The number of benzene rings is 1. The number of carbonyl (C=O) groups is 1. The first kappa shape index (κ1) is 12.8. The van der Waals surface area contributed by atoms with Crippen LogP contribution in [0.3, 0.4) is 0 Å². The fraction of sp³-hybridized carbons (Fsp3) is 0.364. The molecule has 7 heteroatoms. The van der Waals surface area contributed by atoms with Crippen LogP contribution in [0.2, 0.25) is 0 Å². The summed E-state index contributed by atoms with van der Waals surface area (Å²) in [6.07, 6.45) is 0. The Morgan fingerprint density at radius 3 is 2.72 bits per heavy atom. The van der Waals surface area contributed by atoms with Gasteiger partial charge in [0.15, 0.2) is 0 Å². The Balaban J connectivity index is 2.38. The van der Waals surface area contributed by atoms with Crippen molar-refractivity contribution in [3.63, 3.8) is 0 Å². The molecule has 1 aromatic carbocycles. The number of rotatable bonds is 2. The van der Waals surface area contributed by atoms with Gasteiger partial charge in [-0.3, -0.25) is 4.79 Å². The highest BCUT2D eigenvalue weighted by Gasteiger charge is 2.30. The average molecular weight is 269 g/mol. The van der Waals surface area contributed by atoms with Crippen molar-refractivity contribution in [2.75, 3.05) is 25.4 Å². The van der Waals surface area contributed by atoms with Crippen molar-refractivity contribution >= 4 is 21.6 Å². The third kappa shape index (κ3) is 2.32. The standard InChI is InChI=1S/C11H15N3O3S/c1-8-2-3-10(9(12)6-8)18(16,17)14-5-4-13-11(15)7-14/h2-3,6H,4-5,7,12H2,1H3,(H,13,15). The monoisotopic (exact) mass is 269 g/mol. The fourth-order valence-electron chi connectivity index (χ4n) is 1.86. The van der Waals surface area contributed by atoms with Crippen LogP contribution in [0.15, 0.2) is 23.1 Å². The minimum atomic E-state index is -3.69. The van der Waals surface area contributed by atoms with E-state index < -0.39 is 10.0 Å². The molecule has 1 fully saturated rings. The SMILES string of the molecule is Cc1ccc(S(=O)(=O)N2CCNC(=O)C2)c(N)c1. The van der Waals surface area contributed by atoms with Crippen molar-refractivity contribution in [2.45, 2.75) is 11.8 Å². The van der Waals surface area contributed by atoms with E-state index in [1.807, 2.05) is 6.92 Å². The molecule has 18 heavy (non-hydrogen) atoms. The first-order valence-corrected chi connectivity index (χ1v) is 6.98. The van der Waals surface area contributed by atoms with Gasteiger partial charge >= 0.3 is 0 Å². The maximum atomic E-state index is 12.3. The quantitative estimate of drug-likeness (QED) is 0.721. The van der Waals surface area contributed by atoms with E-state index in [1.165, 1.54) is 6.07 Å². The Bertz CT molecular complexity index is 583. The number of nitrogens with one attached hydrogen (secondary N) is 1. The van der Waals surface area contributed by atoms with Crippen molar-refractivity contribution in [3.8, 4) is 0 Å². The summed E-state index contributed by atoms with van der Waals surface area (Å²) in [5.74, 6) is -0.296. The largest absolute Gasteiger partial charge is 0.398 e. The number of sulfonamides is 1. The van der Waals surface area contributed by atoms with E-state index in [4.69, 9.17) is 5.73 Å². The van der Waals surface area contributed by atoms with Gasteiger partial charge in [-0.15, -0.1) is 0 Å². The van der Waals surface area contributed by atoms with E-state index in [9.17, 15) is 13.2 Å². The molecule has 1 saturated heterocycles. The lowest BCUT2D eigenvalue weighted by molar-refractivity contribution is -0.122. The summed E-state index contributed by atoms with van der Waals surface area (Å²) in [7, 11) is -3.69. The second kappa shape index (κ2) is 4.58. The summed E-state index contributed by atoms with van der Waals surface area (Å²) in [6, 6.07) is 4.77. The molecule has 0 saturated carbocycles. The Kier molecular flexibility index (Phi) is 3.27. The van der Waals surface area contributed by atoms with Gasteiger partial charge in [0.05, 0.1) is 12.2 Å². The third-order valence-electron chi connectivity index (χ3n) is 2.79. The number of nitrogens with two attached hydrogens (primary N) is 1. The van der Waals surface area contributed by atoms with E-state index in [-0.39, 0.29) is 29.6 Å². The molecule has 6 nitrogen and oxygen atoms in total. The lowest BCUT2D eigenvalue weighted by atomic mass is 10.2. The smallest absolute Gasteiger partial charge is 0.245 e. The van der Waals surface area contributed by atoms with Gasteiger partial charge in [-0.25, -0.2) is 8.42 Å². The summed E-state index contributed by atoms with van der Waals surface area (Å²) in [5.41, 5.74) is 6.84. The van der Waals surface area contributed by atoms with E-state index in [0.29, 0.717) is 6.54 Å². The van der Waals surface area contributed by atoms with Crippen LogP contribution in [-0.4, -0.2) is 38.3 Å². The van der Waals surface area contributed by atoms with Crippen LogP contribution in [0.25, 0.3) is 0 Å². The van der Waals surface area contributed by atoms with Crippen LogP contribution in [0.4, 0.5) is 5.69 Å². The molecule has 1 amide bonds. The van der Waals surface area contributed by atoms with Crippen LogP contribution >= 0.6 is 0 Å². The van der Waals surface area contributed by atoms with Crippen molar-refractivity contribution < 1.29 is 13.2 Å². The molecule has 0 atom stereocenters. The molecule has 0 bridgehead atoms. The van der Waals surface area contributed by atoms with Crippen molar-refractivity contribution in [3.05, 3.63) is 23.8 Å². The summed E-state index contributed by atoms with van der Waals surface area (Å²) in [5, 5.41) is 2.58. The zero-order chi connectivity index (χ0) is 13.3. The summed E-state index contributed by atoms with van der Waals surface area (Å²) in [4.78, 5) is 11.3. The van der Waals surface area contributed by atoms with E-state index in [2.05, 4.69) is 5.32 Å². The zero-order valence-corrected chi connectivity index (χ0v) is 10.8. The second-order valence-electron chi connectivity index (χ2n) is 4.23. The molecule has 0 spiro atoms. The molecule has 0 radical (unpaired) electrons. The van der Waals surface area contributed by atoms with E-state index in [1.54, 1.807) is 12.1 Å². The molecule has 0 aromatic heterocycles. The van der Waals surface area contributed by atoms with Gasteiger partial charge in [0.1, 0.15) is 4.90 Å². The highest BCUT2D eigenvalue weighted by atomic mass is 32.2. The lowest BCUT2D eigenvalue weighted by Crippen LogP contribution is -2.49. The van der Waals surface area contributed by atoms with Crippen molar-refractivity contribution in [2.24, 2.45) is 0 Å². The summed E-state index contributed by atoms with van der Waals surface area (Å²) < 4.78 is 25.8. The average Bonchev–Trinajstić information content (AvgIpc) is 2.28. The van der Waals surface area contributed by atoms with E-state index in [0.717, 1.165) is 9.87 Å². The molecular formula is C11H15N3O3S. The summed E-state index contributed by atoms with van der Waals surface area (Å²) in [6.45, 7) is 2.27. The Morgan fingerprint density at radius 1 is 1.39 bits per heavy atom. The maximum Gasteiger partial charge on any atom is 0.245 e. The summed E-state index contributed by atoms with van der Waals surface area (Å²) >= 11 is 0. The molecule has 2 rings (SSSR count). The highest BCUT2D eigenvalue weighted by molar-refractivity contribution is 7.89. The number of amides is 1. The number of carbonyl (C=O) groups excluding carboxylic acids is 1. The van der Waals surface area contributed by atoms with Gasteiger partial charge in [0.2, 0.25) is 15.9 Å². The van der Waals surface area contributed by atoms with Crippen molar-refractivity contribution in [1.82, 2.24) is 9.62 Å². The lowest BCUT2D eigenvalue weighted by Gasteiger charge is -2.26. The van der Waals surface area contributed by atoms with Gasteiger partial charge < -0.3 is 11.1 Å². The number of piperazine rings is 1. The number of aryl methyl sites for hydroxylation is 1. The van der Waals surface area contributed by atoms with Crippen LogP contribution in [0, 0.1) is 6.92 Å². The van der Waals surface area contributed by atoms with Gasteiger partial charge in [-0.05, 0) is 24.6 Å². The van der Waals surface area contributed by atoms with Gasteiger partial charge in [-0.1, -0.05) is 6.07 Å². The van der Waals surface area contributed by atoms with E-state index >= 15 is 0 Å². The topological polar surface area (TPSA) is 92.5 Å². The second-order valence-corrected chi connectivity index (χ2v) is 6.14. The van der Waals surface area contributed by atoms with Gasteiger partial charge in [0.25, 0.3) is 0 Å². The fourth-order valence-corrected chi connectivity index (χ4v) is 3.36. The number of nitrogens with zero attached hydrogens (tertiary/aromatic N) is 1. The van der Waals surface area contributed by atoms with Crippen molar-refractivity contribution in [1.29, 1.82) is 0 Å². The van der Waals surface area contributed by atoms with Gasteiger partial charge in [0, 0.05) is 13.1 Å².